The lowest BCUT2D eigenvalue weighted by molar-refractivity contribution is 0.0299. The first-order valence-electron chi connectivity index (χ1n) is 10.2. The van der Waals surface area contributed by atoms with Gasteiger partial charge in [0.15, 0.2) is 0 Å². The molecule has 4 aromatic rings. The fraction of sp³-hybridized carbons (Fsp3) is 0.231. The smallest absolute Gasteiger partial charge is 0.105 e. The van der Waals surface area contributed by atoms with Crippen LogP contribution in [0.25, 0.3) is 32.7 Å². The Morgan fingerprint density at radius 2 is 0.867 bits per heavy atom. The summed E-state index contributed by atoms with van der Waals surface area (Å²) < 4.78 is 0. The molecule has 0 spiro atoms. The molecule has 0 unspecified atom stereocenters. The van der Waals surface area contributed by atoms with Gasteiger partial charge in [0.2, 0.25) is 0 Å². The van der Waals surface area contributed by atoms with Crippen LogP contribution in [0, 0.1) is 0 Å². The maximum absolute atomic E-state index is 10.8. The van der Waals surface area contributed by atoms with Gasteiger partial charge < -0.3 is 20.4 Å². The molecule has 4 nitrogen and oxygen atoms in total. The summed E-state index contributed by atoms with van der Waals surface area (Å²) >= 11 is 0. The molecule has 0 heterocycles. The minimum atomic E-state index is -1.10. The van der Waals surface area contributed by atoms with Gasteiger partial charge in [0.25, 0.3) is 0 Å². The summed E-state index contributed by atoms with van der Waals surface area (Å²) in [6.45, 7) is 3.11. The average Bonchev–Trinajstić information content (AvgIpc) is 2.76. The summed E-state index contributed by atoms with van der Waals surface area (Å²) in [4.78, 5) is 0. The highest BCUT2D eigenvalue weighted by molar-refractivity contribution is 6.08. The molecule has 0 aliphatic carbocycles. The first-order valence-corrected chi connectivity index (χ1v) is 10.2. The van der Waals surface area contributed by atoms with Gasteiger partial charge in [-0.15, -0.1) is 0 Å². The van der Waals surface area contributed by atoms with Crippen LogP contribution < -0.4 is 0 Å². The normalized spacial score (nSPS) is 15.8. The molecule has 4 aromatic carbocycles. The van der Waals surface area contributed by atoms with E-state index in [9.17, 15) is 20.4 Å². The molecule has 0 amide bonds. The van der Waals surface area contributed by atoms with E-state index >= 15 is 0 Å². The highest BCUT2D eigenvalue weighted by Gasteiger charge is 2.26. The largest absolute Gasteiger partial charge is 0.390 e. The summed E-state index contributed by atoms with van der Waals surface area (Å²) in [5.74, 6) is 0. The lowest BCUT2D eigenvalue weighted by Gasteiger charge is -2.25. The van der Waals surface area contributed by atoms with Crippen molar-refractivity contribution < 1.29 is 20.4 Å². The van der Waals surface area contributed by atoms with Crippen LogP contribution in [0.1, 0.15) is 37.2 Å². The fourth-order valence-electron chi connectivity index (χ4n) is 4.15. The second-order valence-electron chi connectivity index (χ2n) is 7.87. The zero-order chi connectivity index (χ0) is 21.4. The van der Waals surface area contributed by atoms with Crippen molar-refractivity contribution in [3.8, 4) is 11.1 Å². The molecule has 0 saturated heterocycles. The first-order chi connectivity index (χ1) is 14.4. The number of benzene rings is 4. The zero-order valence-corrected chi connectivity index (χ0v) is 17.0. The van der Waals surface area contributed by atoms with E-state index in [2.05, 4.69) is 0 Å². The van der Waals surface area contributed by atoms with E-state index < -0.39 is 24.4 Å². The molecule has 0 radical (unpaired) electrons. The van der Waals surface area contributed by atoms with Crippen LogP contribution >= 0.6 is 0 Å². The van der Waals surface area contributed by atoms with E-state index in [1.807, 2.05) is 72.8 Å². The highest BCUT2D eigenvalue weighted by atomic mass is 16.3. The van der Waals surface area contributed by atoms with E-state index in [1.165, 1.54) is 0 Å². The quantitative estimate of drug-likeness (QED) is 0.397. The van der Waals surface area contributed by atoms with Crippen molar-refractivity contribution in [3.05, 3.63) is 83.9 Å². The maximum atomic E-state index is 10.8. The molecule has 154 valence electrons. The van der Waals surface area contributed by atoms with E-state index in [1.54, 1.807) is 13.8 Å². The molecule has 4 N–H and O–H groups in total. The molecule has 0 aliphatic heterocycles. The van der Waals surface area contributed by atoms with Crippen molar-refractivity contribution in [2.75, 3.05) is 0 Å². The lowest BCUT2D eigenvalue weighted by Crippen LogP contribution is -2.17. The van der Waals surface area contributed by atoms with Gasteiger partial charge in [-0.05, 0) is 57.6 Å². The standard InChI is InChI=1S/C26H26O4/c1-15(27)25(29)21-13-11-17-7-3-5-9-19(17)23(21)24-20-10-6-4-8-18(20)12-14-22(24)26(30)16(2)28/h3-16,25-30H,1-2H3/t15-,16+,25-,26-/m1/s1. The predicted octanol–water partition coefficient (Wildman–Crippen LogP) is 4.49. The van der Waals surface area contributed by atoms with Crippen LogP contribution in [-0.4, -0.2) is 32.6 Å². The summed E-state index contributed by atoms with van der Waals surface area (Å²) in [5, 5.41) is 45.8. The predicted molar refractivity (Wildman–Crippen MR) is 120 cm³/mol. The molecule has 4 atom stereocenters. The van der Waals surface area contributed by atoms with E-state index in [4.69, 9.17) is 0 Å². The monoisotopic (exact) mass is 402 g/mol. The van der Waals surface area contributed by atoms with E-state index in [-0.39, 0.29) is 0 Å². The summed E-state index contributed by atoms with van der Waals surface area (Å²) in [5.41, 5.74) is 2.68. The topological polar surface area (TPSA) is 80.9 Å². The zero-order valence-electron chi connectivity index (χ0n) is 17.0. The van der Waals surface area contributed by atoms with Crippen LogP contribution in [-0.2, 0) is 0 Å². The molecule has 30 heavy (non-hydrogen) atoms. The van der Waals surface area contributed by atoms with Crippen molar-refractivity contribution in [1.82, 2.24) is 0 Å². The van der Waals surface area contributed by atoms with E-state index in [0.29, 0.717) is 11.1 Å². The second-order valence-corrected chi connectivity index (χ2v) is 7.87. The molecule has 4 heteroatoms. The molecule has 0 fully saturated rings. The lowest BCUT2D eigenvalue weighted by atomic mass is 9.83. The second kappa shape index (κ2) is 8.17. The third-order valence-electron chi connectivity index (χ3n) is 5.72. The Hall–Kier alpha value is -2.76. The molecule has 0 saturated carbocycles. The van der Waals surface area contributed by atoms with Crippen LogP contribution in [0.5, 0.6) is 0 Å². The van der Waals surface area contributed by atoms with Crippen molar-refractivity contribution >= 4 is 21.5 Å². The van der Waals surface area contributed by atoms with Gasteiger partial charge in [0.05, 0.1) is 12.2 Å². The average molecular weight is 402 g/mol. The Balaban J connectivity index is 2.19. The van der Waals surface area contributed by atoms with Crippen molar-refractivity contribution in [1.29, 1.82) is 0 Å². The van der Waals surface area contributed by atoms with Gasteiger partial charge >= 0.3 is 0 Å². The van der Waals surface area contributed by atoms with Crippen LogP contribution in [0.3, 0.4) is 0 Å². The van der Waals surface area contributed by atoms with Gasteiger partial charge in [-0.3, -0.25) is 0 Å². The van der Waals surface area contributed by atoms with Crippen LogP contribution in [0.2, 0.25) is 0 Å². The molecular formula is C26H26O4. The fourth-order valence-corrected chi connectivity index (χ4v) is 4.15. The Bertz CT molecular complexity index is 1100. The van der Waals surface area contributed by atoms with Gasteiger partial charge in [-0.1, -0.05) is 72.8 Å². The Kier molecular flexibility index (Phi) is 5.58. The minimum absolute atomic E-state index is 0.582. The highest BCUT2D eigenvalue weighted by Crippen LogP contribution is 2.43. The molecular weight excluding hydrogens is 376 g/mol. The maximum Gasteiger partial charge on any atom is 0.105 e. The van der Waals surface area contributed by atoms with Crippen LogP contribution in [0.15, 0.2) is 72.8 Å². The van der Waals surface area contributed by atoms with Crippen molar-refractivity contribution in [2.24, 2.45) is 0 Å². The first kappa shape index (κ1) is 20.5. The number of aliphatic hydroxyl groups excluding tert-OH is 4. The van der Waals surface area contributed by atoms with Crippen molar-refractivity contribution in [3.63, 3.8) is 0 Å². The molecule has 4 rings (SSSR count). The molecule has 0 aliphatic rings. The third-order valence-corrected chi connectivity index (χ3v) is 5.72. The Morgan fingerprint density at radius 1 is 0.500 bits per heavy atom. The number of fused-ring (bicyclic) bond motifs is 2. The summed E-state index contributed by atoms with van der Waals surface area (Å²) in [7, 11) is 0. The SMILES string of the molecule is C[C@H](O)[C@@H](O)c1ccc2ccccc2c1-c1c([C@H](O)[C@@H](C)O)ccc2ccccc12. The molecule has 0 aromatic heterocycles. The Labute approximate surface area is 175 Å². The summed E-state index contributed by atoms with van der Waals surface area (Å²) in [6.07, 6.45) is -4.13. The summed E-state index contributed by atoms with van der Waals surface area (Å²) in [6, 6.07) is 23.2. The van der Waals surface area contributed by atoms with Crippen LogP contribution in [0.4, 0.5) is 0 Å². The number of hydrogen-bond acceptors (Lipinski definition) is 4. The Morgan fingerprint density at radius 3 is 1.23 bits per heavy atom. The van der Waals surface area contributed by atoms with Crippen molar-refractivity contribution in [2.45, 2.75) is 38.3 Å². The number of aliphatic hydroxyl groups is 4. The van der Waals surface area contributed by atoms with Gasteiger partial charge in [-0.25, -0.2) is 0 Å². The van der Waals surface area contributed by atoms with Gasteiger partial charge in [0.1, 0.15) is 12.2 Å². The number of rotatable bonds is 5. The third kappa shape index (κ3) is 3.48. The van der Waals surface area contributed by atoms with Gasteiger partial charge in [0, 0.05) is 0 Å². The number of hydrogen-bond donors (Lipinski definition) is 4. The van der Waals surface area contributed by atoms with E-state index in [0.717, 1.165) is 32.7 Å². The minimum Gasteiger partial charge on any atom is -0.390 e. The van der Waals surface area contributed by atoms with Gasteiger partial charge in [-0.2, -0.15) is 0 Å². The molecule has 0 bridgehead atoms.